The van der Waals surface area contributed by atoms with E-state index in [9.17, 15) is 60.3 Å². The summed E-state index contributed by atoms with van der Waals surface area (Å²) in [5, 5.41) is 92.8. The molecule has 5 atom stereocenters. The monoisotopic (exact) mass is 659 g/mol. The third-order valence-electron chi connectivity index (χ3n) is 7.04. The highest BCUT2D eigenvalue weighted by molar-refractivity contribution is 5.92. The lowest BCUT2D eigenvalue weighted by Crippen LogP contribution is -2.61. The van der Waals surface area contributed by atoms with Crippen molar-refractivity contribution in [2.75, 3.05) is 6.61 Å². The zero-order valence-corrected chi connectivity index (χ0v) is 24.0. The van der Waals surface area contributed by atoms with Gasteiger partial charge in [-0.3, -0.25) is 9.59 Å². The maximum absolute atomic E-state index is 11.9. The lowest BCUT2D eigenvalue weighted by Gasteiger charge is -2.38. The normalized spacial score (nSPS) is 20.9. The summed E-state index contributed by atoms with van der Waals surface area (Å²) in [6.07, 6.45) is -9.09. The van der Waals surface area contributed by atoms with Crippen molar-refractivity contribution in [2.45, 2.75) is 37.6 Å². The molecular formula is C30H27O17+. The van der Waals surface area contributed by atoms with Gasteiger partial charge in [-0.05, 0) is 18.2 Å². The van der Waals surface area contributed by atoms with Crippen LogP contribution in [0.3, 0.4) is 0 Å². The second kappa shape index (κ2) is 12.5. The predicted molar refractivity (Wildman–Crippen MR) is 154 cm³/mol. The summed E-state index contributed by atoms with van der Waals surface area (Å²) in [5.41, 5.74) is -1.20. The molecule has 47 heavy (non-hydrogen) atoms. The van der Waals surface area contributed by atoms with Crippen LogP contribution in [0.2, 0.25) is 0 Å². The number of hydrogen-bond acceptors (Lipinski definition) is 16. The van der Waals surface area contributed by atoms with Gasteiger partial charge in [-0.15, -0.1) is 0 Å². The average molecular weight is 660 g/mol. The minimum atomic E-state index is -1.98. The number of carbonyl (C=O) groups is 1. The second-order valence-corrected chi connectivity index (χ2v) is 10.4. The number of aliphatic hydroxyl groups is 2. The van der Waals surface area contributed by atoms with Crippen molar-refractivity contribution in [2.24, 2.45) is 0 Å². The quantitative estimate of drug-likeness (QED) is 0.0748. The summed E-state index contributed by atoms with van der Waals surface area (Å²) < 4.78 is 27.2. The molecule has 248 valence electrons. The maximum atomic E-state index is 11.9. The molecule has 1 fully saturated rings. The van der Waals surface area contributed by atoms with Gasteiger partial charge in [0, 0.05) is 36.8 Å². The number of fused-ring (bicyclic) bond motifs is 1. The highest BCUT2D eigenvalue weighted by atomic mass is 16.7. The summed E-state index contributed by atoms with van der Waals surface area (Å²) >= 11 is 0. The lowest BCUT2D eigenvalue weighted by atomic mass is 9.98. The molecule has 0 spiro atoms. The SMILES string of the molecule is CC(=O)OCC1OC(Oc2cc(-c3oc4cc(=O)cc(O)c-4cc3O)cc(O)c2O)C(OC(=[OH+])c2cc(O)c(O)c(O)c2)C(O)C1O. The number of aromatic hydroxyl groups is 7. The zero-order chi connectivity index (χ0) is 34.3. The molecule has 3 aliphatic rings. The van der Waals surface area contributed by atoms with E-state index in [4.69, 9.17) is 23.4 Å². The van der Waals surface area contributed by atoms with Crippen molar-refractivity contribution >= 4 is 11.9 Å². The van der Waals surface area contributed by atoms with Gasteiger partial charge in [-0.1, -0.05) is 0 Å². The van der Waals surface area contributed by atoms with E-state index in [1.54, 1.807) is 0 Å². The van der Waals surface area contributed by atoms with E-state index in [2.05, 4.69) is 0 Å². The molecular weight excluding hydrogens is 632 g/mol. The first-order valence-corrected chi connectivity index (χ1v) is 13.5. The largest absolute Gasteiger partial charge is 0.518 e. The smallest absolute Gasteiger partial charge is 0.507 e. The van der Waals surface area contributed by atoms with Crippen LogP contribution in [0.4, 0.5) is 0 Å². The molecule has 0 bridgehead atoms. The fraction of sp³-hybridized carbons (Fsp3) is 0.233. The van der Waals surface area contributed by atoms with Gasteiger partial charge in [-0.2, -0.15) is 0 Å². The Bertz CT molecular complexity index is 1860. The van der Waals surface area contributed by atoms with Crippen LogP contribution in [0.15, 0.2) is 51.7 Å². The Morgan fingerprint density at radius 1 is 0.830 bits per heavy atom. The van der Waals surface area contributed by atoms with Crippen molar-refractivity contribution in [1.82, 2.24) is 0 Å². The molecule has 0 radical (unpaired) electrons. The molecule has 0 amide bonds. The van der Waals surface area contributed by atoms with Gasteiger partial charge in [0.15, 0.2) is 51.8 Å². The molecule has 2 heterocycles. The minimum absolute atomic E-state index is 0.0152. The van der Waals surface area contributed by atoms with Crippen LogP contribution in [0.1, 0.15) is 12.5 Å². The lowest BCUT2D eigenvalue weighted by molar-refractivity contribution is -0.275. The van der Waals surface area contributed by atoms with E-state index in [1.165, 1.54) is 0 Å². The highest BCUT2D eigenvalue weighted by Crippen LogP contribution is 2.46. The Balaban J connectivity index is 1.53. The first kappa shape index (κ1) is 32.5. The van der Waals surface area contributed by atoms with Crippen LogP contribution in [-0.2, 0) is 19.0 Å². The second-order valence-electron chi connectivity index (χ2n) is 10.4. The fourth-order valence-corrected chi connectivity index (χ4v) is 4.71. The van der Waals surface area contributed by atoms with Gasteiger partial charge < -0.3 is 74.1 Å². The van der Waals surface area contributed by atoms with E-state index < -0.39 is 106 Å². The van der Waals surface area contributed by atoms with E-state index in [0.29, 0.717) is 0 Å². The third kappa shape index (κ3) is 6.43. The third-order valence-corrected chi connectivity index (χ3v) is 7.04. The molecule has 5 rings (SSSR count). The van der Waals surface area contributed by atoms with Gasteiger partial charge in [0.2, 0.25) is 5.75 Å². The molecule has 2 aliphatic heterocycles. The van der Waals surface area contributed by atoms with Crippen LogP contribution in [-0.4, -0.2) is 100 Å². The predicted octanol–water partition coefficient (Wildman–Crippen LogP) is 0.675. The van der Waals surface area contributed by atoms with Crippen molar-refractivity contribution in [3.63, 3.8) is 0 Å². The molecule has 17 heteroatoms. The zero-order valence-electron chi connectivity index (χ0n) is 24.0. The molecule has 0 aromatic heterocycles. The number of ether oxygens (including phenoxy) is 4. The first-order chi connectivity index (χ1) is 22.1. The molecule has 10 N–H and O–H groups in total. The average Bonchev–Trinajstić information content (AvgIpc) is 3.00. The first-order valence-electron chi connectivity index (χ1n) is 13.5. The number of esters is 2. The Kier molecular flexibility index (Phi) is 8.62. The Hall–Kier alpha value is -5.91. The van der Waals surface area contributed by atoms with Crippen LogP contribution in [0.5, 0.6) is 46.0 Å². The summed E-state index contributed by atoms with van der Waals surface area (Å²) in [7, 11) is 0. The number of hydrogen-bond donors (Lipinski definition) is 9. The molecule has 1 aliphatic carbocycles. The van der Waals surface area contributed by atoms with E-state index in [1.807, 2.05) is 0 Å². The number of benzene rings is 3. The van der Waals surface area contributed by atoms with Crippen LogP contribution in [0, 0.1) is 0 Å². The molecule has 0 saturated carbocycles. The molecule has 2 aromatic carbocycles. The summed E-state index contributed by atoms with van der Waals surface area (Å²) in [4.78, 5) is 33.9. The van der Waals surface area contributed by atoms with Crippen LogP contribution < -0.4 is 10.2 Å². The number of phenolic OH excluding ortho intramolecular Hbond substituents is 6. The summed E-state index contributed by atoms with van der Waals surface area (Å²) in [6, 6.07) is 6.57. The van der Waals surface area contributed by atoms with Crippen molar-refractivity contribution in [3.05, 3.63) is 58.3 Å². The van der Waals surface area contributed by atoms with E-state index in [-0.39, 0.29) is 22.6 Å². The van der Waals surface area contributed by atoms with Gasteiger partial charge in [-0.25, -0.2) is 0 Å². The number of phenols is 6. The van der Waals surface area contributed by atoms with Gasteiger partial charge in [0.1, 0.15) is 35.9 Å². The Labute approximate surface area is 262 Å². The Morgan fingerprint density at radius 3 is 2.15 bits per heavy atom. The molecule has 2 aromatic rings. The fourth-order valence-electron chi connectivity index (χ4n) is 4.71. The topological polar surface area (TPSA) is 288 Å². The Morgan fingerprint density at radius 2 is 1.49 bits per heavy atom. The standard InChI is InChI=1S/C30H26O17/c1-10(31)43-9-22-25(40)26(41)28(47-29(42)12-3-16(34)23(38)17(35)4-12)30(46-22)45-21-5-11(2-18(36)24(21)39)27-19(37)8-14-15(33)6-13(32)7-20(14)44-27/h2-8,22,25-26,28,30,33-41H,9H2,1H3/p+1. The van der Waals surface area contributed by atoms with Gasteiger partial charge >= 0.3 is 11.9 Å². The summed E-state index contributed by atoms with van der Waals surface area (Å²) in [6.45, 7) is 0.463. The molecule has 1 saturated heterocycles. The van der Waals surface area contributed by atoms with Gasteiger partial charge in [0.05, 0.1) is 5.56 Å². The van der Waals surface area contributed by atoms with Crippen molar-refractivity contribution in [1.29, 1.82) is 0 Å². The van der Waals surface area contributed by atoms with E-state index >= 15 is 0 Å². The highest BCUT2D eigenvalue weighted by Gasteiger charge is 2.53. The summed E-state index contributed by atoms with van der Waals surface area (Å²) in [5.74, 6) is -8.37. The van der Waals surface area contributed by atoms with Crippen molar-refractivity contribution in [3.8, 4) is 68.6 Å². The number of aliphatic hydroxyl groups excluding tert-OH is 2. The van der Waals surface area contributed by atoms with Crippen molar-refractivity contribution < 1.29 is 78.9 Å². The molecule has 5 unspecified atom stereocenters. The number of rotatable bonds is 7. The van der Waals surface area contributed by atoms with Gasteiger partial charge in [0.25, 0.3) is 12.4 Å². The van der Waals surface area contributed by atoms with E-state index in [0.717, 1.165) is 49.4 Å². The van der Waals surface area contributed by atoms with Crippen LogP contribution >= 0.6 is 0 Å². The minimum Gasteiger partial charge on any atom is -0.507 e. The maximum Gasteiger partial charge on any atom is 0.518 e. The number of carbonyl (C=O) groups excluding carboxylic acids is 2. The van der Waals surface area contributed by atoms with Crippen LogP contribution in [0.25, 0.3) is 22.6 Å². The molecule has 17 nitrogen and oxygen atoms in total.